The lowest BCUT2D eigenvalue weighted by molar-refractivity contribution is -0.137. The molecule has 0 aromatic heterocycles. The number of ether oxygens (including phenoxy) is 1. The van der Waals surface area contributed by atoms with Gasteiger partial charge in [0.2, 0.25) is 11.8 Å². The molecule has 7 heteroatoms. The number of thioether (sulfide) groups is 1. The molecule has 138 valence electrons. The molecule has 1 fully saturated rings. The van der Waals surface area contributed by atoms with Crippen LogP contribution >= 0.6 is 11.8 Å². The number of hydrogen-bond acceptors (Lipinski definition) is 4. The summed E-state index contributed by atoms with van der Waals surface area (Å²) in [6.45, 7) is 5.40. The Morgan fingerprint density at radius 1 is 1.32 bits per heavy atom. The molecule has 1 aliphatic rings. The zero-order chi connectivity index (χ0) is 18.4. The fraction of sp³-hybridized carbons (Fsp3) is 0.556. The number of likely N-dealkylation sites (N-methyl/N-ethyl adjacent to an activating group) is 1. The molecule has 1 aromatic carbocycles. The van der Waals surface area contributed by atoms with Gasteiger partial charge in [0.15, 0.2) is 0 Å². The smallest absolute Gasteiger partial charge is 0.248 e. The maximum absolute atomic E-state index is 13.2. The van der Waals surface area contributed by atoms with Crippen LogP contribution in [0.3, 0.4) is 0 Å². The van der Waals surface area contributed by atoms with Gasteiger partial charge in [-0.3, -0.25) is 9.59 Å². The first-order valence-electron chi connectivity index (χ1n) is 8.49. The van der Waals surface area contributed by atoms with E-state index < -0.39 is 0 Å². The summed E-state index contributed by atoms with van der Waals surface area (Å²) in [5.41, 5.74) is 0.905. The first-order valence-corrected chi connectivity index (χ1v) is 9.44. The SMILES string of the molecule is CCC1SC(c2ccc(F)cc2)N(CCN(CC)C(=O)COC)C1=O. The zero-order valence-corrected chi connectivity index (χ0v) is 15.7. The second kappa shape index (κ2) is 9.20. The summed E-state index contributed by atoms with van der Waals surface area (Å²) >= 11 is 1.59. The van der Waals surface area contributed by atoms with Crippen molar-refractivity contribution in [2.24, 2.45) is 0 Å². The highest BCUT2D eigenvalue weighted by molar-refractivity contribution is 8.01. The van der Waals surface area contributed by atoms with E-state index in [1.165, 1.54) is 19.2 Å². The maximum atomic E-state index is 13.2. The molecular formula is C18H25FN2O3S. The fourth-order valence-corrected chi connectivity index (χ4v) is 4.30. The molecule has 0 N–H and O–H groups in total. The molecule has 2 rings (SSSR count). The second-order valence-corrected chi connectivity index (χ2v) is 7.16. The Kier molecular flexibility index (Phi) is 7.25. The lowest BCUT2D eigenvalue weighted by Crippen LogP contribution is -2.42. The van der Waals surface area contributed by atoms with Crippen LogP contribution in [-0.2, 0) is 14.3 Å². The van der Waals surface area contributed by atoms with Gasteiger partial charge >= 0.3 is 0 Å². The monoisotopic (exact) mass is 368 g/mol. The van der Waals surface area contributed by atoms with E-state index in [1.807, 2.05) is 13.8 Å². The summed E-state index contributed by atoms with van der Waals surface area (Å²) in [6.07, 6.45) is 0.748. The molecule has 1 heterocycles. The van der Waals surface area contributed by atoms with Crippen molar-refractivity contribution in [3.63, 3.8) is 0 Å². The van der Waals surface area contributed by atoms with E-state index in [1.54, 1.807) is 33.7 Å². The quantitative estimate of drug-likeness (QED) is 0.708. The Balaban J connectivity index is 2.12. The highest BCUT2D eigenvalue weighted by Gasteiger charge is 2.39. The molecule has 0 spiro atoms. The van der Waals surface area contributed by atoms with Crippen LogP contribution < -0.4 is 0 Å². The van der Waals surface area contributed by atoms with Crippen LogP contribution in [0.25, 0.3) is 0 Å². The van der Waals surface area contributed by atoms with Gasteiger partial charge in [0, 0.05) is 26.7 Å². The van der Waals surface area contributed by atoms with Crippen molar-refractivity contribution >= 4 is 23.6 Å². The highest BCUT2D eigenvalue weighted by atomic mass is 32.2. The Labute approximate surface area is 152 Å². The number of nitrogens with zero attached hydrogens (tertiary/aromatic N) is 2. The number of benzene rings is 1. The molecule has 0 saturated carbocycles. The average molecular weight is 368 g/mol. The standard InChI is InChI=1S/C18H25FN2O3S/c1-4-15-17(23)21(11-10-20(5-2)16(22)12-24-3)18(25-15)13-6-8-14(19)9-7-13/h6-9,15,18H,4-5,10-12H2,1-3H3. The van der Waals surface area contributed by atoms with Gasteiger partial charge in [0.05, 0.1) is 5.25 Å². The largest absolute Gasteiger partial charge is 0.375 e. The van der Waals surface area contributed by atoms with Crippen molar-refractivity contribution in [1.29, 1.82) is 0 Å². The summed E-state index contributed by atoms with van der Waals surface area (Å²) < 4.78 is 18.1. The summed E-state index contributed by atoms with van der Waals surface area (Å²) in [4.78, 5) is 28.2. The lowest BCUT2D eigenvalue weighted by Gasteiger charge is -2.28. The predicted molar refractivity (Wildman–Crippen MR) is 96.7 cm³/mol. The molecule has 5 nitrogen and oxygen atoms in total. The van der Waals surface area contributed by atoms with E-state index in [0.717, 1.165) is 12.0 Å². The number of rotatable bonds is 8. The Hall–Kier alpha value is -1.60. The Morgan fingerprint density at radius 2 is 2.00 bits per heavy atom. The second-order valence-electron chi connectivity index (χ2n) is 5.87. The van der Waals surface area contributed by atoms with Crippen LogP contribution in [0.2, 0.25) is 0 Å². The van der Waals surface area contributed by atoms with Crippen LogP contribution in [0.4, 0.5) is 4.39 Å². The third kappa shape index (κ3) is 4.73. The number of hydrogen-bond donors (Lipinski definition) is 0. The van der Waals surface area contributed by atoms with Crippen LogP contribution in [0.1, 0.15) is 31.2 Å². The first-order chi connectivity index (χ1) is 12.0. The Bertz CT molecular complexity index is 596. The molecule has 1 aromatic rings. The summed E-state index contributed by atoms with van der Waals surface area (Å²) in [7, 11) is 1.49. The predicted octanol–water partition coefficient (Wildman–Crippen LogP) is 2.67. The van der Waals surface area contributed by atoms with Gasteiger partial charge in [-0.1, -0.05) is 19.1 Å². The van der Waals surface area contributed by atoms with E-state index in [-0.39, 0.29) is 34.9 Å². The zero-order valence-electron chi connectivity index (χ0n) is 14.9. The molecule has 2 atom stereocenters. The third-order valence-electron chi connectivity index (χ3n) is 4.27. The van der Waals surface area contributed by atoms with Crippen molar-refractivity contribution < 1.29 is 18.7 Å². The van der Waals surface area contributed by atoms with E-state index >= 15 is 0 Å². The van der Waals surface area contributed by atoms with Crippen LogP contribution in [-0.4, -0.2) is 60.2 Å². The molecule has 0 aliphatic carbocycles. The number of amides is 2. The first kappa shape index (κ1) is 19.7. The summed E-state index contributed by atoms with van der Waals surface area (Å²) in [5.74, 6) is -0.300. The normalized spacial score (nSPS) is 20.2. The van der Waals surface area contributed by atoms with Gasteiger partial charge < -0.3 is 14.5 Å². The van der Waals surface area contributed by atoms with Gasteiger partial charge in [-0.2, -0.15) is 0 Å². The number of carbonyl (C=O) groups is 2. The van der Waals surface area contributed by atoms with Crippen LogP contribution in [0.15, 0.2) is 24.3 Å². The van der Waals surface area contributed by atoms with Crippen molar-refractivity contribution in [2.45, 2.75) is 30.9 Å². The number of methoxy groups -OCH3 is 1. The van der Waals surface area contributed by atoms with Gasteiger partial charge in [0.1, 0.15) is 17.8 Å². The van der Waals surface area contributed by atoms with Gasteiger partial charge in [-0.05, 0) is 31.0 Å². The summed E-state index contributed by atoms with van der Waals surface area (Å²) in [6, 6.07) is 6.27. The number of carbonyl (C=O) groups excluding carboxylic acids is 2. The van der Waals surface area contributed by atoms with E-state index in [9.17, 15) is 14.0 Å². The van der Waals surface area contributed by atoms with E-state index in [2.05, 4.69) is 0 Å². The minimum absolute atomic E-state index is 0.0372. The van der Waals surface area contributed by atoms with Crippen molar-refractivity contribution in [2.75, 3.05) is 33.4 Å². The summed E-state index contributed by atoms with van der Waals surface area (Å²) in [5, 5.41) is -0.242. The van der Waals surface area contributed by atoms with Crippen LogP contribution in [0.5, 0.6) is 0 Å². The van der Waals surface area contributed by atoms with E-state index in [4.69, 9.17) is 4.74 Å². The molecule has 1 saturated heterocycles. The highest BCUT2D eigenvalue weighted by Crippen LogP contribution is 2.43. The molecule has 0 bridgehead atoms. The number of halogens is 1. The molecule has 1 aliphatic heterocycles. The maximum Gasteiger partial charge on any atom is 0.248 e. The van der Waals surface area contributed by atoms with Crippen molar-refractivity contribution in [1.82, 2.24) is 9.80 Å². The molecule has 25 heavy (non-hydrogen) atoms. The average Bonchev–Trinajstić information content (AvgIpc) is 2.92. The molecule has 0 radical (unpaired) electrons. The van der Waals surface area contributed by atoms with Crippen LogP contribution in [0, 0.1) is 5.82 Å². The topological polar surface area (TPSA) is 49.9 Å². The lowest BCUT2D eigenvalue weighted by atomic mass is 10.2. The molecule has 2 amide bonds. The minimum Gasteiger partial charge on any atom is -0.375 e. The minimum atomic E-state index is -0.293. The van der Waals surface area contributed by atoms with Gasteiger partial charge in [0.25, 0.3) is 0 Å². The molecule has 2 unspecified atom stereocenters. The molecular weight excluding hydrogens is 343 g/mol. The Morgan fingerprint density at radius 3 is 2.56 bits per heavy atom. The van der Waals surface area contributed by atoms with E-state index in [0.29, 0.717) is 19.6 Å². The van der Waals surface area contributed by atoms with Crippen molar-refractivity contribution in [3.8, 4) is 0 Å². The van der Waals surface area contributed by atoms with Gasteiger partial charge in [-0.25, -0.2) is 4.39 Å². The third-order valence-corrected chi connectivity index (χ3v) is 5.92. The van der Waals surface area contributed by atoms with Gasteiger partial charge in [-0.15, -0.1) is 11.8 Å². The van der Waals surface area contributed by atoms with Crippen molar-refractivity contribution in [3.05, 3.63) is 35.6 Å². The fourth-order valence-electron chi connectivity index (χ4n) is 2.87.